The van der Waals surface area contributed by atoms with Crippen molar-refractivity contribution in [3.05, 3.63) is 12.2 Å². The fourth-order valence-corrected chi connectivity index (χ4v) is 1.36. The van der Waals surface area contributed by atoms with E-state index in [2.05, 4.69) is 26.8 Å². The molecule has 0 rings (SSSR count). The van der Waals surface area contributed by atoms with Crippen LogP contribution in [0.5, 0.6) is 0 Å². The highest BCUT2D eigenvalue weighted by molar-refractivity contribution is 5.68. The van der Waals surface area contributed by atoms with E-state index in [0.717, 1.165) is 0 Å². The monoisotopic (exact) mass is 256 g/mol. The van der Waals surface area contributed by atoms with Gasteiger partial charge >= 0.3 is 5.97 Å². The molecule has 3 heteroatoms. The normalized spacial score (nSPS) is 14.8. The van der Waals surface area contributed by atoms with E-state index < -0.39 is 5.60 Å². The zero-order valence-corrected chi connectivity index (χ0v) is 12.9. The van der Waals surface area contributed by atoms with Crippen LogP contribution in [-0.4, -0.2) is 24.3 Å². The summed E-state index contributed by atoms with van der Waals surface area (Å²) in [4.78, 5) is 11.1. The Morgan fingerprint density at radius 2 is 1.78 bits per heavy atom. The van der Waals surface area contributed by atoms with Gasteiger partial charge in [0.2, 0.25) is 0 Å². The molecular formula is C15H28O3. The highest BCUT2D eigenvalue weighted by Gasteiger charge is 2.22. The highest BCUT2D eigenvalue weighted by atomic mass is 16.6. The van der Waals surface area contributed by atoms with Gasteiger partial charge in [-0.1, -0.05) is 39.8 Å². The van der Waals surface area contributed by atoms with Gasteiger partial charge in [0, 0.05) is 6.42 Å². The molecule has 3 nitrogen and oxygen atoms in total. The molecule has 0 aliphatic rings. The number of hydrogen-bond donors (Lipinski definition) is 0. The van der Waals surface area contributed by atoms with Gasteiger partial charge in [-0.2, -0.15) is 0 Å². The van der Waals surface area contributed by atoms with Gasteiger partial charge in [-0.3, -0.25) is 4.79 Å². The van der Waals surface area contributed by atoms with Crippen LogP contribution in [0.1, 0.15) is 54.9 Å². The average molecular weight is 256 g/mol. The van der Waals surface area contributed by atoms with Crippen molar-refractivity contribution in [3.8, 4) is 0 Å². The van der Waals surface area contributed by atoms with Gasteiger partial charge in [-0.15, -0.1) is 0 Å². The molecule has 0 radical (unpaired) electrons. The van der Waals surface area contributed by atoms with E-state index in [1.54, 1.807) is 6.92 Å². The minimum atomic E-state index is -0.466. The van der Waals surface area contributed by atoms with Crippen molar-refractivity contribution in [2.45, 2.75) is 66.6 Å². The summed E-state index contributed by atoms with van der Waals surface area (Å²) >= 11 is 0. The molecule has 0 aromatic carbocycles. The fraction of sp³-hybridized carbons (Fsp3) is 0.800. The van der Waals surface area contributed by atoms with E-state index >= 15 is 0 Å². The Bertz CT molecular complexity index is 285. The minimum Gasteiger partial charge on any atom is -0.463 e. The SMILES string of the molecule is CCC(=O)OCC(C)(C)OC(C)/C=C/C(C)(C)C. The first-order chi connectivity index (χ1) is 8.06. The molecule has 0 aliphatic carbocycles. The van der Waals surface area contributed by atoms with E-state index in [4.69, 9.17) is 9.47 Å². The molecule has 106 valence electrons. The second-order valence-corrected chi connectivity index (χ2v) is 6.32. The molecule has 0 fully saturated rings. The maximum absolute atomic E-state index is 11.1. The van der Waals surface area contributed by atoms with Crippen molar-refractivity contribution in [1.82, 2.24) is 0 Å². The molecule has 1 unspecified atom stereocenters. The first-order valence-electron chi connectivity index (χ1n) is 6.58. The molecule has 18 heavy (non-hydrogen) atoms. The summed E-state index contributed by atoms with van der Waals surface area (Å²) in [5.74, 6) is -0.190. The van der Waals surface area contributed by atoms with Gasteiger partial charge in [0.15, 0.2) is 0 Å². The third kappa shape index (κ3) is 9.23. The summed E-state index contributed by atoms with van der Waals surface area (Å²) in [5.41, 5.74) is -0.317. The van der Waals surface area contributed by atoms with Crippen molar-refractivity contribution < 1.29 is 14.3 Å². The molecule has 0 saturated heterocycles. The largest absolute Gasteiger partial charge is 0.463 e. The van der Waals surface area contributed by atoms with Crippen LogP contribution < -0.4 is 0 Å². The Morgan fingerprint density at radius 3 is 2.22 bits per heavy atom. The first-order valence-corrected chi connectivity index (χ1v) is 6.58. The topological polar surface area (TPSA) is 35.5 Å². The van der Waals surface area contributed by atoms with Crippen molar-refractivity contribution in [1.29, 1.82) is 0 Å². The number of rotatable bonds is 6. The van der Waals surface area contributed by atoms with Crippen LogP contribution in [0.15, 0.2) is 12.2 Å². The molecule has 1 atom stereocenters. The molecule has 0 aliphatic heterocycles. The maximum Gasteiger partial charge on any atom is 0.305 e. The van der Waals surface area contributed by atoms with E-state index in [1.165, 1.54) is 0 Å². The Kier molecular flexibility index (Phi) is 6.61. The fourth-order valence-electron chi connectivity index (χ4n) is 1.36. The van der Waals surface area contributed by atoms with Gasteiger partial charge in [-0.05, 0) is 26.2 Å². The summed E-state index contributed by atoms with van der Waals surface area (Å²) in [5, 5.41) is 0. The van der Waals surface area contributed by atoms with Crippen molar-refractivity contribution in [2.75, 3.05) is 6.61 Å². The van der Waals surface area contributed by atoms with Gasteiger partial charge in [0.05, 0.1) is 11.7 Å². The zero-order valence-electron chi connectivity index (χ0n) is 12.9. The first kappa shape index (κ1) is 17.2. The summed E-state index contributed by atoms with van der Waals surface area (Å²) in [6.07, 6.45) is 4.57. The molecule has 0 bridgehead atoms. The second-order valence-electron chi connectivity index (χ2n) is 6.32. The third-order valence-corrected chi connectivity index (χ3v) is 2.24. The lowest BCUT2D eigenvalue weighted by Crippen LogP contribution is -2.34. The minimum absolute atomic E-state index is 0.000413. The number of allylic oxidation sites excluding steroid dienone is 1. The molecule has 0 saturated carbocycles. The van der Waals surface area contributed by atoms with Crippen LogP contribution >= 0.6 is 0 Å². The van der Waals surface area contributed by atoms with Crippen LogP contribution in [-0.2, 0) is 14.3 Å². The van der Waals surface area contributed by atoms with Crippen LogP contribution in [0.4, 0.5) is 0 Å². The summed E-state index contributed by atoms with van der Waals surface area (Å²) in [6.45, 7) is 14.3. The Hall–Kier alpha value is -0.830. The molecule has 0 N–H and O–H groups in total. The van der Waals surface area contributed by atoms with Crippen molar-refractivity contribution in [2.24, 2.45) is 5.41 Å². The molecular weight excluding hydrogens is 228 g/mol. The standard InChI is InChI=1S/C15H28O3/c1-8-13(16)17-11-15(6,7)18-12(2)9-10-14(3,4)5/h9-10,12H,8,11H2,1-7H3/b10-9+. The Morgan fingerprint density at radius 1 is 1.22 bits per heavy atom. The van der Waals surface area contributed by atoms with Crippen LogP contribution in [0.3, 0.4) is 0 Å². The zero-order chi connectivity index (χ0) is 14.4. The van der Waals surface area contributed by atoms with Crippen LogP contribution in [0, 0.1) is 5.41 Å². The number of hydrogen-bond acceptors (Lipinski definition) is 3. The van der Waals surface area contributed by atoms with Crippen molar-refractivity contribution >= 4 is 5.97 Å². The van der Waals surface area contributed by atoms with Crippen molar-refractivity contribution in [3.63, 3.8) is 0 Å². The van der Waals surface area contributed by atoms with E-state index in [9.17, 15) is 4.79 Å². The number of ether oxygens (including phenoxy) is 2. The molecule has 0 aromatic heterocycles. The third-order valence-electron chi connectivity index (χ3n) is 2.24. The quantitative estimate of drug-likeness (QED) is 0.536. The lowest BCUT2D eigenvalue weighted by atomic mass is 9.96. The number of carbonyl (C=O) groups is 1. The Labute approximate surface area is 112 Å². The maximum atomic E-state index is 11.1. The Balaban J connectivity index is 4.23. The summed E-state index contributed by atoms with van der Waals surface area (Å²) in [7, 11) is 0. The smallest absolute Gasteiger partial charge is 0.305 e. The van der Waals surface area contributed by atoms with E-state index in [0.29, 0.717) is 6.42 Å². The van der Waals surface area contributed by atoms with Gasteiger partial charge in [-0.25, -0.2) is 0 Å². The molecule has 0 aromatic rings. The lowest BCUT2D eigenvalue weighted by molar-refractivity contribution is -0.154. The van der Waals surface area contributed by atoms with E-state index in [-0.39, 0.29) is 24.1 Å². The highest BCUT2D eigenvalue weighted by Crippen LogP contribution is 2.18. The number of carbonyl (C=O) groups excluding carboxylic acids is 1. The van der Waals surface area contributed by atoms with Gasteiger partial charge < -0.3 is 9.47 Å². The molecule has 0 amide bonds. The summed E-state index contributed by atoms with van der Waals surface area (Å²) in [6, 6.07) is 0. The lowest BCUT2D eigenvalue weighted by Gasteiger charge is -2.28. The number of esters is 1. The predicted octanol–water partition coefficient (Wildman–Crippen LogP) is 3.73. The molecule has 0 heterocycles. The molecule has 0 spiro atoms. The summed E-state index contributed by atoms with van der Waals surface area (Å²) < 4.78 is 11.0. The van der Waals surface area contributed by atoms with E-state index in [1.807, 2.05) is 26.8 Å². The second kappa shape index (κ2) is 6.93. The van der Waals surface area contributed by atoms with Crippen LogP contribution in [0.25, 0.3) is 0 Å². The average Bonchev–Trinajstić information content (AvgIpc) is 2.21. The van der Waals surface area contributed by atoms with Crippen LogP contribution in [0.2, 0.25) is 0 Å². The van der Waals surface area contributed by atoms with Gasteiger partial charge in [0.1, 0.15) is 6.61 Å². The predicted molar refractivity (Wildman–Crippen MR) is 74.5 cm³/mol. The van der Waals surface area contributed by atoms with Gasteiger partial charge in [0.25, 0.3) is 0 Å².